The van der Waals surface area contributed by atoms with E-state index < -0.39 is 5.60 Å². The van der Waals surface area contributed by atoms with E-state index in [-0.39, 0.29) is 5.60 Å². The van der Waals surface area contributed by atoms with Gasteiger partial charge in [0.2, 0.25) is 0 Å². The lowest BCUT2D eigenvalue weighted by atomic mass is 9.83. The van der Waals surface area contributed by atoms with Crippen molar-refractivity contribution < 1.29 is 9.84 Å². The van der Waals surface area contributed by atoms with Crippen LogP contribution in [0.15, 0.2) is 12.7 Å². The minimum atomic E-state index is -0.618. The first kappa shape index (κ1) is 11.2. The van der Waals surface area contributed by atoms with Crippen molar-refractivity contribution in [2.24, 2.45) is 0 Å². The van der Waals surface area contributed by atoms with Crippen LogP contribution in [0.4, 0.5) is 0 Å². The zero-order valence-electron chi connectivity index (χ0n) is 9.67. The number of ether oxygens (including phenoxy) is 1. The van der Waals surface area contributed by atoms with Gasteiger partial charge in [0.1, 0.15) is 5.60 Å². The largest absolute Gasteiger partial charge is 0.386 e. The molecule has 0 radical (unpaired) electrons. The summed E-state index contributed by atoms with van der Waals surface area (Å²) in [4.78, 5) is 0. The van der Waals surface area contributed by atoms with Crippen molar-refractivity contribution in [1.82, 2.24) is 0 Å². The van der Waals surface area contributed by atoms with Gasteiger partial charge in [0.05, 0.1) is 11.7 Å². The molecule has 3 atom stereocenters. The predicted octanol–water partition coefficient (Wildman–Crippen LogP) is 2.81. The normalized spacial score (nSPS) is 42.7. The Kier molecular flexibility index (Phi) is 2.91. The molecule has 0 amide bonds. The molecule has 2 rings (SSSR count). The van der Waals surface area contributed by atoms with Crippen molar-refractivity contribution in [3.8, 4) is 0 Å². The number of hydrogen-bond acceptors (Lipinski definition) is 2. The summed E-state index contributed by atoms with van der Waals surface area (Å²) in [5.41, 5.74) is -0.816. The van der Waals surface area contributed by atoms with Gasteiger partial charge < -0.3 is 9.84 Å². The van der Waals surface area contributed by atoms with E-state index in [2.05, 4.69) is 13.5 Å². The number of unbranched alkanes of at least 4 members (excludes halogenated alkanes) is 2. The van der Waals surface area contributed by atoms with Gasteiger partial charge in [0.15, 0.2) is 0 Å². The minimum absolute atomic E-state index is 0.198. The van der Waals surface area contributed by atoms with Crippen LogP contribution in [-0.4, -0.2) is 22.4 Å². The van der Waals surface area contributed by atoms with Crippen molar-refractivity contribution in [1.29, 1.82) is 0 Å². The lowest BCUT2D eigenvalue weighted by molar-refractivity contribution is -0.0441. The lowest BCUT2D eigenvalue weighted by Crippen LogP contribution is -2.42. The molecule has 0 aromatic heterocycles. The van der Waals surface area contributed by atoms with Gasteiger partial charge >= 0.3 is 0 Å². The van der Waals surface area contributed by atoms with E-state index in [9.17, 15) is 5.11 Å². The van der Waals surface area contributed by atoms with E-state index in [0.717, 1.165) is 19.3 Å². The van der Waals surface area contributed by atoms with E-state index in [4.69, 9.17) is 4.74 Å². The molecule has 1 aliphatic carbocycles. The SMILES string of the molecule is C=CC[C@]1(O)CC[C@H]2O[C@]21CCCCC. The zero-order valence-corrected chi connectivity index (χ0v) is 9.67. The molecule has 86 valence electrons. The van der Waals surface area contributed by atoms with Crippen LogP contribution in [0.1, 0.15) is 51.9 Å². The van der Waals surface area contributed by atoms with Crippen molar-refractivity contribution in [3.05, 3.63) is 12.7 Å². The highest BCUT2D eigenvalue weighted by molar-refractivity contribution is 5.22. The third-order valence-corrected chi connectivity index (χ3v) is 4.06. The summed E-state index contributed by atoms with van der Waals surface area (Å²) in [7, 11) is 0. The van der Waals surface area contributed by atoms with Crippen LogP contribution in [0, 0.1) is 0 Å². The zero-order chi connectivity index (χ0) is 10.9. The molecule has 0 aromatic rings. The van der Waals surface area contributed by atoms with Crippen LogP contribution in [-0.2, 0) is 4.74 Å². The fraction of sp³-hybridized carbons (Fsp3) is 0.846. The predicted molar refractivity (Wildman–Crippen MR) is 60.7 cm³/mol. The van der Waals surface area contributed by atoms with E-state index in [1.165, 1.54) is 19.3 Å². The quantitative estimate of drug-likeness (QED) is 0.415. The summed E-state index contributed by atoms with van der Waals surface area (Å²) >= 11 is 0. The van der Waals surface area contributed by atoms with Gasteiger partial charge in [-0.05, 0) is 25.7 Å². The lowest BCUT2D eigenvalue weighted by Gasteiger charge is -2.30. The highest BCUT2D eigenvalue weighted by atomic mass is 16.6. The summed E-state index contributed by atoms with van der Waals surface area (Å²) in [5.74, 6) is 0. The maximum Gasteiger partial charge on any atom is 0.124 e. The minimum Gasteiger partial charge on any atom is -0.386 e. The van der Waals surface area contributed by atoms with Crippen molar-refractivity contribution in [3.63, 3.8) is 0 Å². The molecule has 0 aromatic carbocycles. The van der Waals surface area contributed by atoms with Gasteiger partial charge in [-0.2, -0.15) is 0 Å². The number of fused-ring (bicyclic) bond motifs is 1. The third kappa shape index (κ3) is 1.64. The van der Waals surface area contributed by atoms with Crippen LogP contribution in [0.3, 0.4) is 0 Å². The topological polar surface area (TPSA) is 32.8 Å². The average Bonchev–Trinajstić information content (AvgIpc) is 2.86. The monoisotopic (exact) mass is 210 g/mol. The van der Waals surface area contributed by atoms with Crippen LogP contribution in [0.5, 0.6) is 0 Å². The van der Waals surface area contributed by atoms with E-state index in [0.29, 0.717) is 12.5 Å². The first-order valence-corrected chi connectivity index (χ1v) is 6.19. The highest BCUT2D eigenvalue weighted by Crippen LogP contribution is 2.59. The maximum absolute atomic E-state index is 10.6. The smallest absolute Gasteiger partial charge is 0.124 e. The van der Waals surface area contributed by atoms with Gasteiger partial charge in [-0.25, -0.2) is 0 Å². The molecule has 0 spiro atoms. The summed E-state index contributed by atoms with van der Waals surface area (Å²) in [6.45, 7) is 5.94. The summed E-state index contributed by atoms with van der Waals surface area (Å²) < 4.78 is 5.76. The maximum atomic E-state index is 10.6. The number of aliphatic hydroxyl groups is 1. The number of hydrogen-bond donors (Lipinski definition) is 1. The Morgan fingerprint density at radius 3 is 2.93 bits per heavy atom. The van der Waals surface area contributed by atoms with Gasteiger partial charge in [-0.15, -0.1) is 6.58 Å². The fourth-order valence-corrected chi connectivity index (χ4v) is 3.11. The summed E-state index contributed by atoms with van der Waals surface area (Å²) in [6.07, 6.45) is 9.40. The fourth-order valence-electron chi connectivity index (χ4n) is 3.11. The molecule has 15 heavy (non-hydrogen) atoms. The molecule has 2 nitrogen and oxygen atoms in total. The standard InChI is InChI=1S/C13H22O2/c1-3-5-6-9-13-11(15-13)7-10-12(13,14)8-4-2/h4,11,14H,2-3,5-10H2,1H3/t11-,12+,13-/m1/s1. The molecule has 2 heteroatoms. The Balaban J connectivity index is 1.97. The second-order valence-electron chi connectivity index (χ2n) is 5.02. The van der Waals surface area contributed by atoms with E-state index in [1.807, 2.05) is 6.08 Å². The molecular weight excluding hydrogens is 188 g/mol. The van der Waals surface area contributed by atoms with Crippen LogP contribution in [0.2, 0.25) is 0 Å². The Labute approximate surface area is 92.3 Å². The Hall–Kier alpha value is -0.340. The van der Waals surface area contributed by atoms with Crippen molar-refractivity contribution in [2.75, 3.05) is 0 Å². The average molecular weight is 210 g/mol. The molecule has 1 saturated carbocycles. The molecule has 2 fully saturated rings. The Bertz CT molecular complexity index is 251. The second kappa shape index (κ2) is 3.91. The molecular formula is C13H22O2. The van der Waals surface area contributed by atoms with Crippen molar-refractivity contribution in [2.45, 2.75) is 69.2 Å². The van der Waals surface area contributed by atoms with Crippen molar-refractivity contribution >= 4 is 0 Å². The van der Waals surface area contributed by atoms with Gasteiger partial charge in [-0.1, -0.05) is 32.3 Å². The number of epoxide rings is 1. The van der Waals surface area contributed by atoms with E-state index >= 15 is 0 Å². The molecule has 1 heterocycles. The second-order valence-corrected chi connectivity index (χ2v) is 5.02. The van der Waals surface area contributed by atoms with Crippen LogP contribution < -0.4 is 0 Å². The molecule has 2 aliphatic rings. The molecule has 1 saturated heterocycles. The molecule has 1 aliphatic heterocycles. The summed E-state index contributed by atoms with van der Waals surface area (Å²) in [6, 6.07) is 0. The molecule has 0 unspecified atom stereocenters. The molecule has 1 N–H and O–H groups in total. The summed E-state index contributed by atoms with van der Waals surface area (Å²) in [5, 5.41) is 10.6. The first-order valence-electron chi connectivity index (χ1n) is 6.19. The first-order chi connectivity index (χ1) is 7.18. The third-order valence-electron chi connectivity index (χ3n) is 4.06. The van der Waals surface area contributed by atoms with Gasteiger partial charge in [-0.3, -0.25) is 0 Å². The van der Waals surface area contributed by atoms with Gasteiger partial charge in [0, 0.05) is 0 Å². The number of rotatable bonds is 6. The Morgan fingerprint density at radius 2 is 2.33 bits per heavy atom. The molecule has 0 bridgehead atoms. The highest BCUT2D eigenvalue weighted by Gasteiger charge is 2.71. The van der Waals surface area contributed by atoms with Gasteiger partial charge in [0.25, 0.3) is 0 Å². The van der Waals surface area contributed by atoms with Crippen LogP contribution in [0.25, 0.3) is 0 Å². The van der Waals surface area contributed by atoms with E-state index in [1.54, 1.807) is 0 Å². The Morgan fingerprint density at radius 1 is 1.53 bits per heavy atom. The van der Waals surface area contributed by atoms with Crippen LogP contribution >= 0.6 is 0 Å².